The van der Waals surface area contributed by atoms with Crippen molar-refractivity contribution in [3.63, 3.8) is 0 Å². The molecule has 0 aliphatic heterocycles. The molecule has 0 fully saturated rings. The van der Waals surface area contributed by atoms with Gasteiger partial charge in [-0.05, 0) is 27.7 Å². The van der Waals surface area contributed by atoms with Gasteiger partial charge in [0.2, 0.25) is 0 Å². The number of carbonyl (C=O) groups is 1. The summed E-state index contributed by atoms with van der Waals surface area (Å²) in [6.07, 6.45) is -0.504. The Morgan fingerprint density at radius 1 is 1.33 bits per heavy atom. The summed E-state index contributed by atoms with van der Waals surface area (Å²) in [6, 6.07) is 0. The lowest BCUT2D eigenvalue weighted by Gasteiger charge is -2.20. The van der Waals surface area contributed by atoms with E-state index in [0.717, 1.165) is 10.9 Å². The van der Waals surface area contributed by atoms with E-state index in [1.54, 1.807) is 0 Å². The molecule has 1 heterocycles. The van der Waals surface area contributed by atoms with Crippen LogP contribution in [-0.2, 0) is 4.74 Å². The normalized spacial score (nSPS) is 12.4. The molecule has 0 bridgehead atoms. The molecule has 1 rings (SSSR count). The monoisotopic (exact) mass is 270 g/mol. The van der Waals surface area contributed by atoms with E-state index in [1.165, 1.54) is 0 Å². The van der Waals surface area contributed by atoms with E-state index < -0.39 is 19.8 Å². The van der Waals surface area contributed by atoms with Crippen LogP contribution in [0, 0.1) is 6.92 Å². The molecule has 0 saturated carbocycles. The Kier molecular flexibility index (Phi) is 3.90. The predicted molar refractivity (Wildman–Crippen MR) is 74.1 cm³/mol. The van der Waals surface area contributed by atoms with Gasteiger partial charge in [0, 0.05) is 5.19 Å². The first-order valence-corrected chi connectivity index (χ1v) is 9.47. The number of hydrogen-bond acceptors (Lipinski definition) is 4. The number of carbonyl (C=O) groups excluding carboxylic acids is 1. The van der Waals surface area contributed by atoms with Crippen molar-refractivity contribution in [1.29, 1.82) is 0 Å². The molecule has 0 saturated heterocycles. The van der Waals surface area contributed by atoms with Gasteiger partial charge < -0.3 is 9.26 Å². The summed E-state index contributed by atoms with van der Waals surface area (Å²) in [6.45, 7) is 13.8. The summed E-state index contributed by atoms with van der Waals surface area (Å²) < 4.78 is 10.4. The number of hydrogen-bond donors (Lipinski definition) is 1. The summed E-state index contributed by atoms with van der Waals surface area (Å²) in [5.74, 6) is 1.25. The van der Waals surface area contributed by atoms with Gasteiger partial charge in [-0.1, -0.05) is 24.8 Å². The van der Waals surface area contributed by atoms with Crippen molar-refractivity contribution in [2.24, 2.45) is 0 Å². The van der Waals surface area contributed by atoms with E-state index in [0.29, 0.717) is 5.82 Å². The fraction of sp³-hybridized carbons (Fsp3) is 0.667. The van der Waals surface area contributed by atoms with Crippen LogP contribution >= 0.6 is 0 Å². The highest BCUT2D eigenvalue weighted by atomic mass is 28.3. The topological polar surface area (TPSA) is 64.4 Å². The van der Waals surface area contributed by atoms with Crippen LogP contribution in [0.15, 0.2) is 4.52 Å². The summed E-state index contributed by atoms with van der Waals surface area (Å²) >= 11 is 0. The fourth-order valence-corrected chi connectivity index (χ4v) is 3.66. The van der Waals surface area contributed by atoms with Crippen LogP contribution in [-0.4, -0.2) is 24.9 Å². The number of nitrogens with one attached hydrogen (secondary N) is 1. The largest absolute Gasteiger partial charge is 0.444 e. The highest BCUT2D eigenvalue weighted by Crippen LogP contribution is 2.15. The lowest BCUT2D eigenvalue weighted by molar-refractivity contribution is 0.0635. The van der Waals surface area contributed by atoms with Gasteiger partial charge in [-0.3, -0.25) is 5.32 Å². The van der Waals surface area contributed by atoms with E-state index in [1.807, 2.05) is 27.7 Å². The molecule has 1 aromatic rings. The minimum Gasteiger partial charge on any atom is -0.444 e. The Morgan fingerprint density at radius 2 is 1.89 bits per heavy atom. The van der Waals surface area contributed by atoms with Crippen molar-refractivity contribution in [2.45, 2.75) is 52.9 Å². The van der Waals surface area contributed by atoms with Crippen LogP contribution in [0.3, 0.4) is 0 Å². The average molecular weight is 270 g/mol. The Balaban J connectivity index is 2.90. The van der Waals surface area contributed by atoms with Gasteiger partial charge in [-0.25, -0.2) is 4.79 Å². The fourth-order valence-electron chi connectivity index (χ4n) is 1.74. The zero-order valence-corrected chi connectivity index (χ0v) is 13.2. The van der Waals surface area contributed by atoms with Gasteiger partial charge in [0.05, 0.1) is 8.07 Å². The number of anilines is 1. The van der Waals surface area contributed by atoms with Gasteiger partial charge in [0.1, 0.15) is 11.4 Å². The molecule has 0 spiro atoms. The zero-order valence-electron chi connectivity index (χ0n) is 12.2. The Bertz CT molecular complexity index is 441. The first-order valence-electron chi connectivity index (χ1n) is 5.97. The number of rotatable bonds is 2. The minimum atomic E-state index is -1.62. The maximum Gasteiger partial charge on any atom is 0.413 e. The lowest BCUT2D eigenvalue weighted by atomic mass is 10.2. The number of nitrogens with zero attached hydrogens (tertiary/aromatic N) is 1. The van der Waals surface area contributed by atoms with E-state index >= 15 is 0 Å². The third-order valence-electron chi connectivity index (χ3n) is 2.23. The number of amides is 1. The maximum atomic E-state index is 11.7. The smallest absolute Gasteiger partial charge is 0.413 e. The highest BCUT2D eigenvalue weighted by molar-refractivity contribution is 6.90. The van der Waals surface area contributed by atoms with Crippen molar-refractivity contribution >= 4 is 25.2 Å². The standard InChI is InChI=1S/C12H22N2O3Si/c1-8-9(18(5,6)7)10(14-17-8)13-11(15)16-12(2,3)4/h1-7H3,(H,13,14,15). The number of aromatic nitrogens is 1. The molecule has 0 unspecified atom stereocenters. The van der Waals surface area contributed by atoms with Gasteiger partial charge in [-0.2, -0.15) is 0 Å². The van der Waals surface area contributed by atoms with Crippen molar-refractivity contribution < 1.29 is 14.1 Å². The second-order valence-corrected chi connectivity index (χ2v) is 11.3. The molecular weight excluding hydrogens is 248 g/mol. The molecular formula is C12H22N2O3Si. The summed E-state index contributed by atoms with van der Waals surface area (Å²) in [5, 5.41) is 7.58. The minimum absolute atomic E-state index is 0.487. The molecule has 1 aromatic heterocycles. The van der Waals surface area contributed by atoms with E-state index in [-0.39, 0.29) is 0 Å². The van der Waals surface area contributed by atoms with E-state index in [4.69, 9.17) is 9.26 Å². The van der Waals surface area contributed by atoms with Crippen LogP contribution in [0.5, 0.6) is 0 Å². The molecule has 0 atom stereocenters. The van der Waals surface area contributed by atoms with Crippen LogP contribution in [0.25, 0.3) is 0 Å². The molecule has 0 aromatic carbocycles. The molecule has 102 valence electrons. The molecule has 0 radical (unpaired) electrons. The van der Waals surface area contributed by atoms with Gasteiger partial charge in [0.25, 0.3) is 0 Å². The van der Waals surface area contributed by atoms with Crippen molar-refractivity contribution in [3.8, 4) is 0 Å². The third-order valence-corrected chi connectivity index (χ3v) is 4.32. The van der Waals surface area contributed by atoms with Crippen LogP contribution in [0.1, 0.15) is 26.5 Å². The second-order valence-electron chi connectivity index (χ2n) is 6.34. The number of ether oxygens (including phenoxy) is 1. The third kappa shape index (κ3) is 3.87. The summed E-state index contributed by atoms with van der Waals surface area (Å²) in [7, 11) is -1.62. The Morgan fingerprint density at radius 3 is 2.33 bits per heavy atom. The van der Waals surface area contributed by atoms with Crippen LogP contribution in [0.4, 0.5) is 10.6 Å². The molecule has 1 amide bonds. The molecule has 0 aliphatic rings. The Labute approximate surface area is 109 Å². The quantitative estimate of drug-likeness (QED) is 0.839. The molecule has 6 heteroatoms. The van der Waals surface area contributed by atoms with E-state index in [2.05, 4.69) is 30.1 Å². The zero-order chi connectivity index (χ0) is 14.1. The maximum absolute atomic E-state index is 11.7. The van der Waals surface area contributed by atoms with Crippen LogP contribution in [0.2, 0.25) is 19.6 Å². The Hall–Kier alpha value is -1.30. The van der Waals surface area contributed by atoms with Gasteiger partial charge in [-0.15, -0.1) is 0 Å². The van der Waals surface area contributed by atoms with Crippen molar-refractivity contribution in [2.75, 3.05) is 5.32 Å². The highest BCUT2D eigenvalue weighted by Gasteiger charge is 2.28. The van der Waals surface area contributed by atoms with Gasteiger partial charge in [0.15, 0.2) is 5.82 Å². The first kappa shape index (κ1) is 14.8. The summed E-state index contributed by atoms with van der Waals surface area (Å²) in [5.41, 5.74) is -0.526. The summed E-state index contributed by atoms with van der Waals surface area (Å²) in [4.78, 5) is 11.7. The first-order chi connectivity index (χ1) is 8.00. The molecule has 5 nitrogen and oxygen atoms in total. The lowest BCUT2D eigenvalue weighted by Crippen LogP contribution is -2.41. The van der Waals surface area contributed by atoms with Crippen molar-refractivity contribution in [1.82, 2.24) is 5.16 Å². The van der Waals surface area contributed by atoms with E-state index in [9.17, 15) is 4.79 Å². The average Bonchev–Trinajstić information content (AvgIpc) is 2.41. The number of aryl methyl sites for hydroxylation is 1. The molecule has 1 N–H and O–H groups in total. The SMILES string of the molecule is Cc1onc(NC(=O)OC(C)(C)C)c1[Si](C)(C)C. The predicted octanol–water partition coefficient (Wildman–Crippen LogP) is 2.88. The second kappa shape index (κ2) is 4.76. The van der Waals surface area contributed by atoms with Gasteiger partial charge >= 0.3 is 6.09 Å². The molecule has 0 aliphatic carbocycles. The van der Waals surface area contributed by atoms with Crippen molar-refractivity contribution in [3.05, 3.63) is 5.76 Å². The molecule has 18 heavy (non-hydrogen) atoms. The van der Waals surface area contributed by atoms with Crippen LogP contribution < -0.4 is 10.5 Å².